The van der Waals surface area contributed by atoms with E-state index in [1.807, 2.05) is 12.1 Å². The lowest BCUT2D eigenvalue weighted by molar-refractivity contribution is -0.118. The van der Waals surface area contributed by atoms with Gasteiger partial charge < -0.3 is 10.4 Å². The molecule has 1 aromatic heterocycles. The first-order valence-corrected chi connectivity index (χ1v) is 5.70. The summed E-state index contributed by atoms with van der Waals surface area (Å²) in [5, 5.41) is 18.6. The molecule has 0 unspecified atom stereocenters. The molecule has 0 saturated heterocycles. The van der Waals surface area contributed by atoms with Gasteiger partial charge in [0.1, 0.15) is 0 Å². The molecule has 0 atom stereocenters. The van der Waals surface area contributed by atoms with Crippen molar-refractivity contribution >= 4 is 28.9 Å². The van der Waals surface area contributed by atoms with Gasteiger partial charge in [-0.05, 0) is 17.7 Å². The SMILES string of the molecule is CC(=O)NCC=Cc1ccc2[nH]nc(C(=O)O)c2c1. The maximum Gasteiger partial charge on any atom is 0.357 e. The number of rotatable bonds is 4. The van der Waals surface area contributed by atoms with E-state index in [0.29, 0.717) is 17.4 Å². The van der Waals surface area contributed by atoms with Gasteiger partial charge >= 0.3 is 5.97 Å². The standard InChI is InChI=1S/C13H13N3O3/c1-8(17)14-6-2-3-9-4-5-11-10(7-9)12(13(18)19)16-15-11/h2-5,7H,6H2,1H3,(H,14,17)(H,15,16)(H,18,19). The number of nitrogens with one attached hydrogen (secondary N) is 2. The molecular weight excluding hydrogens is 246 g/mol. The van der Waals surface area contributed by atoms with E-state index in [-0.39, 0.29) is 11.6 Å². The second-order valence-corrected chi connectivity index (χ2v) is 4.02. The molecule has 0 aliphatic heterocycles. The molecule has 6 heteroatoms. The highest BCUT2D eigenvalue weighted by Gasteiger charge is 2.12. The van der Waals surface area contributed by atoms with Crippen LogP contribution in [0.25, 0.3) is 17.0 Å². The van der Waals surface area contributed by atoms with Gasteiger partial charge in [-0.2, -0.15) is 5.10 Å². The van der Waals surface area contributed by atoms with Crippen LogP contribution in [-0.4, -0.2) is 33.7 Å². The maximum absolute atomic E-state index is 11.0. The largest absolute Gasteiger partial charge is 0.476 e. The first kappa shape index (κ1) is 12.8. The van der Waals surface area contributed by atoms with Crippen LogP contribution in [-0.2, 0) is 4.79 Å². The first-order chi connectivity index (χ1) is 9.08. The molecule has 0 fully saturated rings. The van der Waals surface area contributed by atoms with Crippen molar-refractivity contribution in [3.05, 3.63) is 35.5 Å². The predicted octanol–water partition coefficient (Wildman–Crippen LogP) is 1.41. The monoisotopic (exact) mass is 259 g/mol. The highest BCUT2D eigenvalue weighted by molar-refractivity contribution is 6.01. The summed E-state index contributed by atoms with van der Waals surface area (Å²) in [7, 11) is 0. The lowest BCUT2D eigenvalue weighted by atomic mass is 10.1. The lowest BCUT2D eigenvalue weighted by Crippen LogP contribution is -2.19. The molecule has 98 valence electrons. The van der Waals surface area contributed by atoms with Crippen molar-refractivity contribution in [1.82, 2.24) is 15.5 Å². The number of hydrogen-bond acceptors (Lipinski definition) is 3. The number of carbonyl (C=O) groups excluding carboxylic acids is 1. The number of fused-ring (bicyclic) bond motifs is 1. The third-order valence-corrected chi connectivity index (χ3v) is 2.57. The molecule has 2 aromatic rings. The normalized spacial score (nSPS) is 11.0. The molecule has 2 rings (SSSR count). The number of H-pyrrole nitrogens is 1. The quantitative estimate of drug-likeness (QED) is 0.773. The highest BCUT2D eigenvalue weighted by atomic mass is 16.4. The molecule has 0 bridgehead atoms. The van der Waals surface area contributed by atoms with E-state index in [1.54, 1.807) is 18.2 Å². The summed E-state index contributed by atoms with van der Waals surface area (Å²) < 4.78 is 0. The summed E-state index contributed by atoms with van der Waals surface area (Å²) in [5.41, 5.74) is 1.53. The number of carboxylic acid groups (broad SMARTS) is 1. The van der Waals surface area contributed by atoms with Crippen molar-refractivity contribution in [2.45, 2.75) is 6.92 Å². The van der Waals surface area contributed by atoms with Crippen LogP contribution in [0.15, 0.2) is 24.3 Å². The summed E-state index contributed by atoms with van der Waals surface area (Å²) in [6.45, 7) is 1.88. The van der Waals surface area contributed by atoms with Crippen LogP contribution in [0.1, 0.15) is 23.0 Å². The van der Waals surface area contributed by atoms with E-state index >= 15 is 0 Å². The van der Waals surface area contributed by atoms with Crippen LogP contribution in [0.5, 0.6) is 0 Å². The predicted molar refractivity (Wildman–Crippen MR) is 70.8 cm³/mol. The minimum absolute atomic E-state index is 0.00658. The Labute approximate surface area is 109 Å². The Hall–Kier alpha value is -2.63. The number of nitrogens with zero attached hydrogens (tertiary/aromatic N) is 1. The number of benzene rings is 1. The van der Waals surface area contributed by atoms with Gasteiger partial charge in [-0.3, -0.25) is 9.89 Å². The molecule has 6 nitrogen and oxygen atoms in total. The average Bonchev–Trinajstić information content (AvgIpc) is 2.77. The van der Waals surface area contributed by atoms with Gasteiger partial charge in [-0.15, -0.1) is 0 Å². The zero-order valence-corrected chi connectivity index (χ0v) is 10.3. The Kier molecular flexibility index (Phi) is 3.61. The molecular formula is C13H13N3O3. The molecule has 0 spiro atoms. The van der Waals surface area contributed by atoms with Crippen molar-refractivity contribution in [1.29, 1.82) is 0 Å². The third kappa shape index (κ3) is 2.98. The molecule has 19 heavy (non-hydrogen) atoms. The van der Waals surface area contributed by atoms with E-state index in [9.17, 15) is 9.59 Å². The van der Waals surface area contributed by atoms with E-state index in [1.165, 1.54) is 6.92 Å². The first-order valence-electron chi connectivity index (χ1n) is 5.70. The fourth-order valence-corrected chi connectivity index (χ4v) is 1.70. The summed E-state index contributed by atoms with van der Waals surface area (Å²) >= 11 is 0. The van der Waals surface area contributed by atoms with E-state index in [4.69, 9.17) is 5.11 Å². The average molecular weight is 259 g/mol. The number of carboxylic acids is 1. The second kappa shape index (κ2) is 5.34. The Balaban J connectivity index is 2.23. The number of aromatic carboxylic acids is 1. The van der Waals surface area contributed by atoms with Crippen LogP contribution in [0.4, 0.5) is 0 Å². The molecule has 1 heterocycles. The Morgan fingerprint density at radius 1 is 1.47 bits per heavy atom. The van der Waals surface area contributed by atoms with Crippen molar-refractivity contribution < 1.29 is 14.7 Å². The highest BCUT2D eigenvalue weighted by Crippen LogP contribution is 2.18. The molecule has 0 saturated carbocycles. The summed E-state index contributed by atoms with van der Waals surface area (Å²) in [6.07, 6.45) is 3.61. The molecule has 3 N–H and O–H groups in total. The second-order valence-electron chi connectivity index (χ2n) is 4.02. The Morgan fingerprint density at radius 2 is 2.26 bits per heavy atom. The summed E-state index contributed by atoms with van der Waals surface area (Å²) in [6, 6.07) is 5.36. The van der Waals surface area contributed by atoms with Crippen LogP contribution in [0.2, 0.25) is 0 Å². The fourth-order valence-electron chi connectivity index (χ4n) is 1.70. The van der Waals surface area contributed by atoms with E-state index in [0.717, 1.165) is 5.56 Å². The zero-order chi connectivity index (χ0) is 13.8. The molecule has 0 aliphatic carbocycles. The van der Waals surface area contributed by atoms with Crippen LogP contribution in [0, 0.1) is 0 Å². The minimum atomic E-state index is -1.06. The van der Waals surface area contributed by atoms with E-state index in [2.05, 4.69) is 15.5 Å². The van der Waals surface area contributed by atoms with Gasteiger partial charge in [-0.1, -0.05) is 18.2 Å². The Bertz CT molecular complexity index is 658. The molecule has 0 radical (unpaired) electrons. The van der Waals surface area contributed by atoms with Crippen molar-refractivity contribution in [3.8, 4) is 0 Å². The van der Waals surface area contributed by atoms with Gasteiger partial charge in [0.05, 0.1) is 5.52 Å². The molecule has 1 aromatic carbocycles. The van der Waals surface area contributed by atoms with Gasteiger partial charge in [-0.25, -0.2) is 4.79 Å². The van der Waals surface area contributed by atoms with Crippen molar-refractivity contribution in [2.75, 3.05) is 6.54 Å². The van der Waals surface area contributed by atoms with Gasteiger partial charge in [0.25, 0.3) is 0 Å². The molecule has 1 amide bonds. The number of hydrogen-bond donors (Lipinski definition) is 3. The zero-order valence-electron chi connectivity index (χ0n) is 10.3. The fraction of sp³-hybridized carbons (Fsp3) is 0.154. The number of carbonyl (C=O) groups is 2. The number of aromatic nitrogens is 2. The summed E-state index contributed by atoms with van der Waals surface area (Å²) in [5.74, 6) is -1.16. The van der Waals surface area contributed by atoms with Crippen LogP contribution >= 0.6 is 0 Å². The van der Waals surface area contributed by atoms with Crippen LogP contribution < -0.4 is 5.32 Å². The topological polar surface area (TPSA) is 95.1 Å². The van der Waals surface area contributed by atoms with Gasteiger partial charge in [0.2, 0.25) is 5.91 Å². The number of aromatic amines is 1. The third-order valence-electron chi connectivity index (χ3n) is 2.57. The molecule has 0 aliphatic rings. The maximum atomic E-state index is 11.0. The van der Waals surface area contributed by atoms with E-state index < -0.39 is 5.97 Å². The smallest absolute Gasteiger partial charge is 0.357 e. The van der Waals surface area contributed by atoms with Crippen molar-refractivity contribution in [3.63, 3.8) is 0 Å². The van der Waals surface area contributed by atoms with Crippen molar-refractivity contribution in [2.24, 2.45) is 0 Å². The summed E-state index contributed by atoms with van der Waals surface area (Å²) in [4.78, 5) is 21.7. The van der Waals surface area contributed by atoms with Gasteiger partial charge in [0, 0.05) is 18.9 Å². The van der Waals surface area contributed by atoms with Gasteiger partial charge in [0.15, 0.2) is 5.69 Å². The Morgan fingerprint density at radius 3 is 2.95 bits per heavy atom. The lowest BCUT2D eigenvalue weighted by Gasteiger charge is -1.97. The minimum Gasteiger partial charge on any atom is -0.476 e. The number of amides is 1. The van der Waals surface area contributed by atoms with Crippen LogP contribution in [0.3, 0.4) is 0 Å².